The SMILES string of the molecule is CC(=O)c1cc(-c2ccccc2)cc(-c2ccccc2)[n+]1-c1ccccc1.F[B-](F)(F)F. The average molecular weight is 437 g/mol. The fourth-order valence-corrected chi connectivity index (χ4v) is 3.33. The number of pyridine rings is 1. The van der Waals surface area contributed by atoms with Crippen molar-refractivity contribution in [3.8, 4) is 28.1 Å². The Morgan fingerprint density at radius 2 is 1.09 bits per heavy atom. The van der Waals surface area contributed by atoms with Gasteiger partial charge in [-0.3, -0.25) is 4.79 Å². The number of Topliss-reactive ketones (excluding diaryl/α,β-unsaturated/α-hetero) is 1. The van der Waals surface area contributed by atoms with Gasteiger partial charge in [0.2, 0.25) is 17.2 Å². The summed E-state index contributed by atoms with van der Waals surface area (Å²) in [5, 5.41) is 0. The maximum Gasteiger partial charge on any atom is 0.673 e. The number of nitrogens with zero attached hydrogens (tertiary/aromatic N) is 1. The van der Waals surface area contributed by atoms with E-state index in [9.17, 15) is 22.1 Å². The van der Waals surface area contributed by atoms with Gasteiger partial charge < -0.3 is 17.3 Å². The standard InChI is InChI=1S/C25H20NO.BF4/c1-19(27)24-17-22(20-11-5-2-6-12-20)18-25(21-13-7-3-8-14-21)26(24)23-15-9-4-10-16-23;2-1(3,4)5/h2-18H,1H3;/q+1;-1. The monoisotopic (exact) mass is 437 g/mol. The molecule has 1 aromatic heterocycles. The van der Waals surface area contributed by atoms with Crippen LogP contribution in [0.1, 0.15) is 17.4 Å². The predicted molar refractivity (Wildman–Crippen MR) is 119 cm³/mol. The Labute approximate surface area is 183 Å². The summed E-state index contributed by atoms with van der Waals surface area (Å²) in [4.78, 5) is 12.6. The van der Waals surface area contributed by atoms with Crippen molar-refractivity contribution in [1.29, 1.82) is 0 Å². The lowest BCUT2D eigenvalue weighted by molar-refractivity contribution is -0.586. The van der Waals surface area contributed by atoms with E-state index in [1.165, 1.54) is 0 Å². The molecule has 0 unspecified atom stereocenters. The van der Waals surface area contributed by atoms with Crippen molar-refractivity contribution in [1.82, 2.24) is 0 Å². The maximum absolute atomic E-state index is 12.6. The highest BCUT2D eigenvalue weighted by molar-refractivity contribution is 6.50. The zero-order valence-corrected chi connectivity index (χ0v) is 17.3. The number of ketones is 1. The first-order valence-electron chi connectivity index (χ1n) is 9.88. The first-order chi connectivity index (χ1) is 15.2. The molecule has 162 valence electrons. The minimum Gasteiger partial charge on any atom is -0.418 e. The van der Waals surface area contributed by atoms with Crippen molar-refractivity contribution in [2.24, 2.45) is 0 Å². The molecule has 1 heterocycles. The maximum atomic E-state index is 12.6. The predicted octanol–water partition coefficient (Wildman–Crippen LogP) is 6.80. The van der Waals surface area contributed by atoms with Crippen LogP contribution in [0.3, 0.4) is 0 Å². The van der Waals surface area contributed by atoms with Gasteiger partial charge in [0.15, 0.2) is 0 Å². The van der Waals surface area contributed by atoms with Crippen molar-refractivity contribution in [2.45, 2.75) is 6.92 Å². The third-order valence-corrected chi connectivity index (χ3v) is 4.62. The molecule has 7 heteroatoms. The van der Waals surface area contributed by atoms with Gasteiger partial charge in [-0.1, -0.05) is 66.7 Å². The van der Waals surface area contributed by atoms with E-state index in [2.05, 4.69) is 30.3 Å². The average Bonchev–Trinajstić information content (AvgIpc) is 2.79. The van der Waals surface area contributed by atoms with Gasteiger partial charge in [-0.25, -0.2) is 0 Å². The molecule has 0 bridgehead atoms. The van der Waals surface area contributed by atoms with Crippen LogP contribution in [0.15, 0.2) is 103 Å². The molecule has 4 rings (SSSR count). The van der Waals surface area contributed by atoms with Crippen molar-refractivity contribution in [3.63, 3.8) is 0 Å². The summed E-state index contributed by atoms with van der Waals surface area (Å²) in [5.41, 5.74) is 5.83. The molecule has 32 heavy (non-hydrogen) atoms. The largest absolute Gasteiger partial charge is 0.673 e. The van der Waals surface area contributed by atoms with E-state index in [4.69, 9.17) is 0 Å². The second-order valence-corrected chi connectivity index (χ2v) is 6.97. The molecular weight excluding hydrogens is 417 g/mol. The van der Waals surface area contributed by atoms with E-state index >= 15 is 0 Å². The summed E-state index contributed by atoms with van der Waals surface area (Å²) in [6, 6.07) is 34.5. The molecular formula is C25H20BF4NO. The smallest absolute Gasteiger partial charge is 0.418 e. The van der Waals surface area contributed by atoms with Gasteiger partial charge >= 0.3 is 7.25 Å². The zero-order valence-electron chi connectivity index (χ0n) is 17.3. The number of aromatic nitrogens is 1. The quantitative estimate of drug-likeness (QED) is 0.149. The summed E-state index contributed by atoms with van der Waals surface area (Å²) in [6.45, 7) is 1.62. The second kappa shape index (κ2) is 10.0. The molecule has 4 aromatic rings. The Bertz CT molecular complexity index is 1180. The minimum atomic E-state index is -6.00. The highest BCUT2D eigenvalue weighted by Gasteiger charge is 2.26. The number of rotatable bonds is 4. The molecule has 0 fully saturated rings. The molecule has 0 saturated carbocycles. The molecule has 0 aliphatic heterocycles. The number of para-hydroxylation sites is 1. The third kappa shape index (κ3) is 6.14. The zero-order chi connectivity index (χ0) is 23.1. The summed E-state index contributed by atoms with van der Waals surface area (Å²) in [6.07, 6.45) is 0. The van der Waals surface area contributed by atoms with Gasteiger partial charge in [0.1, 0.15) is 0 Å². The second-order valence-electron chi connectivity index (χ2n) is 6.97. The van der Waals surface area contributed by atoms with E-state index in [0.717, 1.165) is 28.1 Å². The first kappa shape index (κ1) is 22.9. The molecule has 0 saturated heterocycles. The van der Waals surface area contributed by atoms with E-state index in [1.54, 1.807) is 6.92 Å². The van der Waals surface area contributed by atoms with Crippen molar-refractivity contribution in [2.75, 3.05) is 0 Å². The van der Waals surface area contributed by atoms with E-state index in [1.807, 2.05) is 77.4 Å². The van der Waals surface area contributed by atoms with Crippen LogP contribution in [0.5, 0.6) is 0 Å². The molecule has 0 amide bonds. The molecule has 0 atom stereocenters. The lowest BCUT2D eigenvalue weighted by atomic mass is 10.00. The lowest BCUT2D eigenvalue weighted by Crippen LogP contribution is -2.40. The van der Waals surface area contributed by atoms with Crippen LogP contribution in [-0.2, 0) is 0 Å². The van der Waals surface area contributed by atoms with Crippen LogP contribution in [0.2, 0.25) is 0 Å². The molecule has 0 aliphatic carbocycles. The minimum absolute atomic E-state index is 0.0359. The Hall–Kier alpha value is -3.74. The Morgan fingerprint density at radius 1 is 0.656 bits per heavy atom. The van der Waals surface area contributed by atoms with Crippen LogP contribution in [-0.4, -0.2) is 13.0 Å². The van der Waals surface area contributed by atoms with E-state index < -0.39 is 7.25 Å². The van der Waals surface area contributed by atoms with Gasteiger partial charge in [-0.05, 0) is 23.3 Å². The highest BCUT2D eigenvalue weighted by Crippen LogP contribution is 2.26. The fourth-order valence-electron chi connectivity index (χ4n) is 3.33. The Balaban J connectivity index is 0.000000523. The van der Waals surface area contributed by atoms with Crippen molar-refractivity contribution >= 4 is 13.0 Å². The van der Waals surface area contributed by atoms with Crippen molar-refractivity contribution in [3.05, 3.63) is 109 Å². The van der Waals surface area contributed by atoms with Crippen LogP contribution < -0.4 is 4.57 Å². The van der Waals surface area contributed by atoms with Gasteiger partial charge in [-0.15, -0.1) is 0 Å². The molecule has 0 spiro atoms. The summed E-state index contributed by atoms with van der Waals surface area (Å²) < 4.78 is 41.0. The van der Waals surface area contributed by atoms with Gasteiger partial charge in [0, 0.05) is 36.8 Å². The number of halogens is 4. The number of carbonyl (C=O) groups excluding carboxylic acids is 1. The topological polar surface area (TPSA) is 20.9 Å². The molecule has 2 nitrogen and oxygen atoms in total. The summed E-state index contributed by atoms with van der Waals surface area (Å²) >= 11 is 0. The first-order valence-corrected chi connectivity index (χ1v) is 9.88. The number of hydrogen-bond donors (Lipinski definition) is 0. The molecule has 0 radical (unpaired) electrons. The normalized spacial score (nSPS) is 10.8. The van der Waals surface area contributed by atoms with Gasteiger partial charge in [0.25, 0.3) is 5.69 Å². The summed E-state index contributed by atoms with van der Waals surface area (Å²) in [5.74, 6) is 0.0359. The van der Waals surface area contributed by atoms with Gasteiger partial charge in [-0.2, -0.15) is 4.57 Å². The Morgan fingerprint density at radius 3 is 1.56 bits per heavy atom. The summed E-state index contributed by atoms with van der Waals surface area (Å²) in [7, 11) is -6.00. The molecule has 0 aliphatic rings. The van der Waals surface area contributed by atoms with Crippen LogP contribution >= 0.6 is 0 Å². The van der Waals surface area contributed by atoms with Crippen molar-refractivity contribution < 1.29 is 26.6 Å². The highest BCUT2D eigenvalue weighted by atomic mass is 19.5. The van der Waals surface area contributed by atoms with Crippen LogP contribution in [0, 0.1) is 0 Å². The number of carbonyl (C=O) groups is 1. The van der Waals surface area contributed by atoms with Crippen LogP contribution in [0.25, 0.3) is 28.1 Å². The fraction of sp³-hybridized carbons (Fsp3) is 0.0400. The van der Waals surface area contributed by atoms with E-state index in [0.29, 0.717) is 5.69 Å². The van der Waals surface area contributed by atoms with Gasteiger partial charge in [0.05, 0.1) is 0 Å². The molecule has 0 N–H and O–H groups in total. The Kier molecular flexibility index (Phi) is 7.20. The van der Waals surface area contributed by atoms with E-state index in [-0.39, 0.29) is 5.78 Å². The number of benzene rings is 3. The number of hydrogen-bond acceptors (Lipinski definition) is 1. The molecule has 3 aromatic carbocycles. The third-order valence-electron chi connectivity index (χ3n) is 4.62. The lowest BCUT2D eigenvalue weighted by Gasteiger charge is -2.10. The van der Waals surface area contributed by atoms with Crippen LogP contribution in [0.4, 0.5) is 17.3 Å².